The topological polar surface area (TPSA) is 81.2 Å². The minimum absolute atomic E-state index is 0.215. The van der Waals surface area contributed by atoms with Crippen LogP contribution < -0.4 is 24.8 Å². The molecule has 0 aliphatic carbocycles. The van der Waals surface area contributed by atoms with Crippen LogP contribution in [-0.2, 0) is 4.79 Å². The summed E-state index contributed by atoms with van der Waals surface area (Å²) >= 11 is 0. The number of guanidine groups is 1. The van der Waals surface area contributed by atoms with E-state index in [2.05, 4.69) is 15.6 Å². The molecule has 108 valence electrons. The third-order valence-corrected chi connectivity index (χ3v) is 3.05. The van der Waals surface area contributed by atoms with Crippen molar-refractivity contribution in [3.8, 4) is 17.2 Å². The van der Waals surface area contributed by atoms with Crippen molar-refractivity contribution >= 4 is 11.9 Å². The number of ether oxygens (including phenoxy) is 3. The summed E-state index contributed by atoms with van der Waals surface area (Å²) in [5.74, 6) is 1.80. The average molecular weight is 279 g/mol. The van der Waals surface area contributed by atoms with Gasteiger partial charge >= 0.3 is 0 Å². The number of carbonyl (C=O) groups excluding carboxylic acids is 1. The van der Waals surface area contributed by atoms with Gasteiger partial charge in [-0.2, -0.15) is 0 Å². The summed E-state index contributed by atoms with van der Waals surface area (Å²) in [6.07, 6.45) is 0. The number of hydrogen-bond acceptors (Lipinski definition) is 5. The maximum atomic E-state index is 12.0. The molecule has 1 heterocycles. The zero-order chi connectivity index (χ0) is 14.7. The molecule has 7 heteroatoms. The molecule has 2 rings (SSSR count). The molecule has 20 heavy (non-hydrogen) atoms. The number of methoxy groups -OCH3 is 3. The van der Waals surface area contributed by atoms with Gasteiger partial charge in [-0.3, -0.25) is 15.1 Å². The Bertz CT molecular complexity index is 532. The number of amides is 1. The highest BCUT2D eigenvalue weighted by molar-refractivity contribution is 6.07. The summed E-state index contributed by atoms with van der Waals surface area (Å²) in [6.45, 7) is 0. The molecule has 0 radical (unpaired) electrons. The van der Waals surface area contributed by atoms with Gasteiger partial charge in [0.1, 0.15) is 23.3 Å². The highest BCUT2D eigenvalue weighted by Crippen LogP contribution is 2.39. The first-order chi connectivity index (χ1) is 9.64. The summed E-state index contributed by atoms with van der Waals surface area (Å²) in [5.41, 5.74) is 0.604. The fourth-order valence-electron chi connectivity index (χ4n) is 2.07. The number of aliphatic imine (C=N–C) groups is 1. The van der Waals surface area contributed by atoms with E-state index in [0.717, 1.165) is 0 Å². The Labute approximate surface area is 116 Å². The number of nitrogens with one attached hydrogen (secondary N) is 2. The SMILES string of the molecule is CN=C1NC(=O)C(c2c(OC)cc(OC)cc2OC)N1. The molecule has 7 nitrogen and oxygen atoms in total. The Morgan fingerprint density at radius 1 is 1.10 bits per heavy atom. The van der Waals surface area contributed by atoms with Crippen molar-refractivity contribution in [1.82, 2.24) is 10.6 Å². The summed E-state index contributed by atoms with van der Waals surface area (Å²) in [4.78, 5) is 16.0. The Balaban J connectivity index is 2.52. The molecule has 0 saturated carbocycles. The number of carbonyl (C=O) groups is 1. The third-order valence-electron chi connectivity index (χ3n) is 3.05. The summed E-state index contributed by atoms with van der Waals surface area (Å²) in [6, 6.07) is 2.78. The van der Waals surface area contributed by atoms with E-state index in [9.17, 15) is 4.79 Å². The second-order valence-electron chi connectivity index (χ2n) is 4.08. The molecule has 0 bridgehead atoms. The van der Waals surface area contributed by atoms with Crippen LogP contribution in [0.5, 0.6) is 17.2 Å². The number of hydrogen-bond donors (Lipinski definition) is 2. The standard InChI is InChI=1S/C13H17N3O4/c1-14-13-15-11(12(17)16-13)10-8(19-3)5-7(18-2)6-9(10)20-4/h5-6,11H,1-4H3,(H2,14,15,16,17). The summed E-state index contributed by atoms with van der Waals surface area (Å²) < 4.78 is 15.9. The molecule has 1 aliphatic heterocycles. The summed E-state index contributed by atoms with van der Waals surface area (Å²) in [5, 5.41) is 5.62. The second kappa shape index (κ2) is 5.68. The fraction of sp³-hybridized carbons (Fsp3) is 0.385. The molecular weight excluding hydrogens is 262 g/mol. The van der Waals surface area contributed by atoms with Gasteiger partial charge in [-0.05, 0) is 0 Å². The molecule has 1 aromatic carbocycles. The monoisotopic (exact) mass is 279 g/mol. The van der Waals surface area contributed by atoms with E-state index in [-0.39, 0.29) is 5.91 Å². The van der Waals surface area contributed by atoms with Gasteiger partial charge in [-0.15, -0.1) is 0 Å². The molecule has 0 aromatic heterocycles. The van der Waals surface area contributed by atoms with Crippen LogP contribution in [0.15, 0.2) is 17.1 Å². The Morgan fingerprint density at radius 2 is 1.70 bits per heavy atom. The molecule has 0 spiro atoms. The van der Waals surface area contributed by atoms with Gasteiger partial charge in [0.2, 0.25) is 0 Å². The predicted octanol–water partition coefficient (Wildman–Crippen LogP) is 0.459. The van der Waals surface area contributed by atoms with Crippen molar-refractivity contribution in [2.75, 3.05) is 28.4 Å². The van der Waals surface area contributed by atoms with E-state index < -0.39 is 6.04 Å². The largest absolute Gasteiger partial charge is 0.496 e. The van der Waals surface area contributed by atoms with Crippen molar-refractivity contribution in [2.45, 2.75) is 6.04 Å². The lowest BCUT2D eigenvalue weighted by atomic mass is 10.0. The van der Waals surface area contributed by atoms with Crippen molar-refractivity contribution in [3.63, 3.8) is 0 Å². The Morgan fingerprint density at radius 3 is 2.10 bits per heavy atom. The normalized spacial score (nSPS) is 19.5. The number of nitrogens with zero attached hydrogens (tertiary/aromatic N) is 1. The molecule has 2 N–H and O–H groups in total. The van der Waals surface area contributed by atoms with Gasteiger partial charge < -0.3 is 19.5 Å². The first-order valence-electron chi connectivity index (χ1n) is 5.98. The number of rotatable bonds is 4. The smallest absolute Gasteiger partial charge is 0.254 e. The van der Waals surface area contributed by atoms with Gasteiger partial charge in [-0.25, -0.2) is 0 Å². The van der Waals surface area contributed by atoms with E-state index in [1.807, 2.05) is 0 Å². The Kier molecular flexibility index (Phi) is 3.97. The van der Waals surface area contributed by atoms with Crippen LogP contribution in [0.3, 0.4) is 0 Å². The van der Waals surface area contributed by atoms with E-state index >= 15 is 0 Å². The highest BCUT2D eigenvalue weighted by Gasteiger charge is 2.34. The van der Waals surface area contributed by atoms with Crippen molar-refractivity contribution in [1.29, 1.82) is 0 Å². The Hall–Kier alpha value is -2.44. The molecule has 1 aliphatic rings. The molecule has 1 saturated heterocycles. The van der Waals surface area contributed by atoms with Crippen LogP contribution in [0.4, 0.5) is 0 Å². The maximum absolute atomic E-state index is 12.0. The average Bonchev–Trinajstić information content (AvgIpc) is 2.86. The maximum Gasteiger partial charge on any atom is 0.254 e. The third kappa shape index (κ3) is 2.34. The van der Waals surface area contributed by atoms with Crippen LogP contribution in [0.1, 0.15) is 11.6 Å². The summed E-state index contributed by atoms with van der Waals surface area (Å²) in [7, 11) is 6.20. The van der Waals surface area contributed by atoms with Gasteiger partial charge in [0, 0.05) is 19.2 Å². The van der Waals surface area contributed by atoms with E-state index in [1.165, 1.54) is 14.2 Å². The molecule has 1 amide bonds. The van der Waals surface area contributed by atoms with Gasteiger partial charge in [0.05, 0.1) is 26.9 Å². The van der Waals surface area contributed by atoms with Crippen molar-refractivity contribution in [2.24, 2.45) is 4.99 Å². The van der Waals surface area contributed by atoms with Crippen LogP contribution in [0.2, 0.25) is 0 Å². The molecule has 1 aromatic rings. The molecular formula is C13H17N3O4. The van der Waals surface area contributed by atoms with Crippen LogP contribution in [0, 0.1) is 0 Å². The predicted molar refractivity (Wildman–Crippen MR) is 73.5 cm³/mol. The lowest BCUT2D eigenvalue weighted by molar-refractivity contribution is -0.120. The van der Waals surface area contributed by atoms with E-state index in [1.54, 1.807) is 26.3 Å². The van der Waals surface area contributed by atoms with Gasteiger partial charge in [0.25, 0.3) is 5.91 Å². The van der Waals surface area contributed by atoms with Gasteiger partial charge in [0.15, 0.2) is 5.96 Å². The minimum atomic E-state index is -0.621. The van der Waals surface area contributed by atoms with Crippen LogP contribution in [-0.4, -0.2) is 40.2 Å². The van der Waals surface area contributed by atoms with E-state index in [4.69, 9.17) is 14.2 Å². The zero-order valence-electron chi connectivity index (χ0n) is 11.8. The minimum Gasteiger partial charge on any atom is -0.496 e. The van der Waals surface area contributed by atoms with Gasteiger partial charge in [-0.1, -0.05) is 0 Å². The quantitative estimate of drug-likeness (QED) is 0.837. The van der Waals surface area contributed by atoms with Crippen LogP contribution >= 0.6 is 0 Å². The second-order valence-corrected chi connectivity index (χ2v) is 4.08. The lowest BCUT2D eigenvalue weighted by Gasteiger charge is -2.18. The molecule has 1 atom stereocenters. The fourth-order valence-corrected chi connectivity index (χ4v) is 2.07. The zero-order valence-corrected chi connectivity index (χ0v) is 11.8. The first kappa shape index (κ1) is 14.0. The number of benzene rings is 1. The van der Waals surface area contributed by atoms with E-state index in [0.29, 0.717) is 28.8 Å². The molecule has 1 unspecified atom stereocenters. The van der Waals surface area contributed by atoms with Crippen molar-refractivity contribution in [3.05, 3.63) is 17.7 Å². The molecule has 1 fully saturated rings. The van der Waals surface area contributed by atoms with Crippen molar-refractivity contribution < 1.29 is 19.0 Å². The van der Waals surface area contributed by atoms with Crippen LogP contribution in [0.25, 0.3) is 0 Å². The highest BCUT2D eigenvalue weighted by atomic mass is 16.5. The lowest BCUT2D eigenvalue weighted by Crippen LogP contribution is -2.24. The first-order valence-corrected chi connectivity index (χ1v) is 5.98.